The number of thioether (sulfide) groups is 1. The van der Waals surface area contributed by atoms with Crippen molar-refractivity contribution in [1.82, 2.24) is 10.3 Å². The van der Waals surface area contributed by atoms with Crippen LogP contribution in [0.15, 0.2) is 161 Å². The number of hydrogen-bond acceptors (Lipinski definition) is 6. The number of carbonyl (C=O) groups excluding carboxylic acids is 3. The molecule has 6 aromatic carbocycles. The average Bonchev–Trinajstić information content (AvgIpc) is 3.60. The van der Waals surface area contributed by atoms with E-state index in [-0.39, 0.29) is 11.6 Å². The van der Waals surface area contributed by atoms with E-state index in [4.69, 9.17) is 4.42 Å². The second-order valence-electron chi connectivity index (χ2n) is 11.7. The normalized spacial score (nSPS) is 12.0. The molecule has 0 saturated carbocycles. The number of nitrogens with one attached hydrogen (secondary N) is 3. The number of fused-ring (bicyclic) bond motifs is 2. The van der Waals surface area contributed by atoms with Crippen molar-refractivity contribution in [3.05, 3.63) is 162 Å². The first kappa shape index (κ1) is 33.1. The average molecular weight is 689 g/mol. The molecular weight excluding hydrogens is 657 g/mol. The maximum atomic E-state index is 13.6. The molecule has 0 fully saturated rings. The number of oxazole rings is 1. The van der Waals surface area contributed by atoms with E-state index in [0.717, 1.165) is 37.9 Å². The van der Waals surface area contributed by atoms with Crippen molar-refractivity contribution in [2.75, 3.05) is 10.6 Å². The zero-order valence-corrected chi connectivity index (χ0v) is 28.3. The Balaban J connectivity index is 0.999. The van der Waals surface area contributed by atoms with Crippen LogP contribution in [0.2, 0.25) is 0 Å². The number of nitrogens with zero attached hydrogens (tertiary/aromatic N) is 1. The molecule has 7 aromatic rings. The number of para-hydroxylation sites is 2. The first-order valence-electron chi connectivity index (χ1n) is 16.3. The summed E-state index contributed by atoms with van der Waals surface area (Å²) in [6.45, 7) is 1.84. The first-order chi connectivity index (χ1) is 24.9. The third-order valence-electron chi connectivity index (χ3n) is 8.14. The lowest BCUT2D eigenvalue weighted by Crippen LogP contribution is -2.30. The van der Waals surface area contributed by atoms with Crippen LogP contribution in [0, 0.1) is 0 Å². The minimum absolute atomic E-state index is 0.103. The molecule has 0 bridgehead atoms. The van der Waals surface area contributed by atoms with Gasteiger partial charge in [-0.2, -0.15) is 0 Å². The fourth-order valence-corrected chi connectivity index (χ4v) is 6.35. The van der Waals surface area contributed by atoms with Gasteiger partial charge >= 0.3 is 0 Å². The topological polar surface area (TPSA) is 113 Å². The SMILES string of the molecule is CC(Sc1ccc(NC(=O)/C(=C/c2cccc3ccccc23)NC(=O)c2ccccc2)cc1)C(=O)Nc1ccc(-c2nc3ccccc3o2)cc1. The van der Waals surface area contributed by atoms with Gasteiger partial charge in [0.25, 0.3) is 11.8 Å². The Morgan fingerprint density at radius 3 is 2.16 bits per heavy atom. The van der Waals surface area contributed by atoms with Crippen molar-refractivity contribution in [2.24, 2.45) is 0 Å². The molecule has 0 radical (unpaired) electrons. The molecule has 0 aliphatic rings. The van der Waals surface area contributed by atoms with Crippen LogP contribution in [0.1, 0.15) is 22.8 Å². The second-order valence-corrected chi connectivity index (χ2v) is 13.2. The summed E-state index contributed by atoms with van der Waals surface area (Å²) in [4.78, 5) is 45.2. The molecule has 0 saturated heterocycles. The number of carbonyl (C=O) groups is 3. The molecule has 0 aliphatic heterocycles. The lowest BCUT2D eigenvalue weighted by Gasteiger charge is -2.14. The molecule has 1 aromatic heterocycles. The van der Waals surface area contributed by atoms with Crippen molar-refractivity contribution < 1.29 is 18.8 Å². The Kier molecular flexibility index (Phi) is 9.71. The van der Waals surface area contributed by atoms with Gasteiger partial charge in [0.15, 0.2) is 5.58 Å². The van der Waals surface area contributed by atoms with E-state index in [2.05, 4.69) is 20.9 Å². The van der Waals surface area contributed by atoms with E-state index >= 15 is 0 Å². The Bertz CT molecular complexity index is 2350. The van der Waals surface area contributed by atoms with Gasteiger partial charge in [-0.25, -0.2) is 4.98 Å². The van der Waals surface area contributed by atoms with Crippen molar-refractivity contribution in [3.63, 3.8) is 0 Å². The van der Waals surface area contributed by atoms with E-state index in [1.807, 2.05) is 116 Å². The first-order valence-corrected chi connectivity index (χ1v) is 17.2. The number of hydrogen-bond donors (Lipinski definition) is 3. The Morgan fingerprint density at radius 2 is 1.37 bits per heavy atom. The second kappa shape index (κ2) is 15.0. The van der Waals surface area contributed by atoms with E-state index in [0.29, 0.717) is 22.8 Å². The molecule has 1 atom stereocenters. The zero-order chi connectivity index (χ0) is 35.2. The van der Waals surface area contributed by atoms with E-state index in [9.17, 15) is 14.4 Å². The van der Waals surface area contributed by atoms with Crippen molar-refractivity contribution in [2.45, 2.75) is 17.1 Å². The monoisotopic (exact) mass is 688 g/mol. The number of anilines is 2. The standard InChI is InChI=1S/C42H32N4O4S/c1-27(39(47)43-32-20-18-30(19-21-32)42-46-36-16-7-8-17-38(36)50-42)51-34-24-22-33(23-25-34)44-41(49)37(45-40(48)29-11-3-2-4-12-29)26-31-14-9-13-28-10-5-6-15-35(28)31/h2-27H,1H3,(H,43,47)(H,44,49)(H,45,48)/b37-26-. The summed E-state index contributed by atoms with van der Waals surface area (Å²) in [6, 6.07) is 44.6. The Labute approximate surface area is 298 Å². The summed E-state index contributed by atoms with van der Waals surface area (Å²) in [6.07, 6.45) is 1.69. The van der Waals surface area contributed by atoms with Crippen LogP contribution in [0.4, 0.5) is 11.4 Å². The molecule has 51 heavy (non-hydrogen) atoms. The van der Waals surface area contributed by atoms with Gasteiger partial charge in [0.05, 0.1) is 5.25 Å². The summed E-state index contributed by atoms with van der Waals surface area (Å²) in [5.41, 5.74) is 4.86. The molecule has 0 spiro atoms. The van der Waals surface area contributed by atoms with Crippen LogP contribution in [-0.2, 0) is 9.59 Å². The van der Waals surface area contributed by atoms with E-state index < -0.39 is 17.1 Å². The van der Waals surface area contributed by atoms with Crippen molar-refractivity contribution >= 4 is 68.8 Å². The minimum Gasteiger partial charge on any atom is -0.436 e. The van der Waals surface area contributed by atoms with Crippen LogP contribution in [-0.4, -0.2) is 28.0 Å². The Hall–Kier alpha value is -6.45. The molecule has 250 valence electrons. The van der Waals surface area contributed by atoms with Gasteiger partial charge < -0.3 is 20.4 Å². The van der Waals surface area contributed by atoms with Gasteiger partial charge in [0.2, 0.25) is 11.8 Å². The van der Waals surface area contributed by atoms with Gasteiger partial charge in [0, 0.05) is 27.4 Å². The molecule has 0 aliphatic carbocycles. The quantitative estimate of drug-likeness (QED) is 0.0976. The van der Waals surface area contributed by atoms with E-state index in [1.54, 1.807) is 42.5 Å². The van der Waals surface area contributed by atoms with Gasteiger partial charge in [-0.1, -0.05) is 72.8 Å². The zero-order valence-electron chi connectivity index (χ0n) is 27.5. The molecular formula is C42H32N4O4S. The molecule has 7 rings (SSSR count). The highest BCUT2D eigenvalue weighted by molar-refractivity contribution is 8.00. The maximum Gasteiger partial charge on any atom is 0.272 e. The predicted molar refractivity (Wildman–Crippen MR) is 204 cm³/mol. The molecule has 1 unspecified atom stereocenters. The summed E-state index contributed by atoms with van der Waals surface area (Å²) >= 11 is 1.40. The van der Waals surface area contributed by atoms with Crippen molar-refractivity contribution in [1.29, 1.82) is 0 Å². The minimum atomic E-state index is -0.470. The summed E-state index contributed by atoms with van der Waals surface area (Å²) in [5.74, 6) is -0.492. The lowest BCUT2D eigenvalue weighted by molar-refractivity contribution is -0.115. The van der Waals surface area contributed by atoms with Gasteiger partial charge in [-0.3, -0.25) is 14.4 Å². The van der Waals surface area contributed by atoms with Crippen molar-refractivity contribution in [3.8, 4) is 11.5 Å². The maximum absolute atomic E-state index is 13.6. The molecule has 1 heterocycles. The lowest BCUT2D eigenvalue weighted by atomic mass is 10.0. The van der Waals surface area contributed by atoms with Crippen LogP contribution in [0.3, 0.4) is 0 Å². The van der Waals surface area contributed by atoms with Crippen LogP contribution in [0.5, 0.6) is 0 Å². The molecule has 3 amide bonds. The summed E-state index contributed by atoms with van der Waals surface area (Å²) in [7, 11) is 0. The van der Waals surface area contributed by atoms with Crippen LogP contribution < -0.4 is 16.0 Å². The van der Waals surface area contributed by atoms with E-state index in [1.165, 1.54) is 11.8 Å². The number of benzene rings is 6. The van der Waals surface area contributed by atoms with Gasteiger partial charge in [-0.15, -0.1) is 11.8 Å². The largest absolute Gasteiger partial charge is 0.436 e. The summed E-state index contributed by atoms with van der Waals surface area (Å²) in [5, 5.41) is 10.3. The van der Waals surface area contributed by atoms with Gasteiger partial charge in [0.1, 0.15) is 11.2 Å². The number of aromatic nitrogens is 1. The fraction of sp³-hybridized carbons (Fsp3) is 0.0476. The molecule has 3 N–H and O–H groups in total. The molecule has 8 nitrogen and oxygen atoms in total. The number of rotatable bonds is 10. The number of amides is 3. The summed E-state index contributed by atoms with van der Waals surface area (Å²) < 4.78 is 5.85. The predicted octanol–water partition coefficient (Wildman–Crippen LogP) is 9.18. The highest BCUT2D eigenvalue weighted by Gasteiger charge is 2.18. The fourth-order valence-electron chi connectivity index (χ4n) is 5.48. The smallest absolute Gasteiger partial charge is 0.272 e. The third kappa shape index (κ3) is 7.90. The molecule has 9 heteroatoms. The third-order valence-corrected chi connectivity index (χ3v) is 9.25. The van der Waals surface area contributed by atoms with Crippen LogP contribution in [0.25, 0.3) is 39.4 Å². The highest BCUT2D eigenvalue weighted by Crippen LogP contribution is 2.28. The van der Waals surface area contributed by atoms with Gasteiger partial charge in [-0.05, 0) is 102 Å². The van der Waals surface area contributed by atoms with Crippen LogP contribution >= 0.6 is 11.8 Å². The Morgan fingerprint density at radius 1 is 0.706 bits per heavy atom. The highest BCUT2D eigenvalue weighted by atomic mass is 32.2.